The van der Waals surface area contributed by atoms with Crippen molar-refractivity contribution in [3.05, 3.63) is 24.0 Å². The Labute approximate surface area is 124 Å². The van der Waals surface area contributed by atoms with Crippen molar-refractivity contribution in [1.82, 2.24) is 4.72 Å². The lowest BCUT2D eigenvalue weighted by Gasteiger charge is -2.51. The fraction of sp³-hybridized carbons (Fsp3) is 0.571. The molecular weight excluding hydrogens is 295 g/mol. The molecule has 1 aromatic carbocycles. The second-order valence-electron chi connectivity index (χ2n) is 5.86. The minimum atomic E-state index is -3.85. The smallest absolute Gasteiger partial charge is 0.242 e. The summed E-state index contributed by atoms with van der Waals surface area (Å²) < 4.78 is 46.1. The number of hydrogen-bond acceptors (Lipinski definition) is 4. The summed E-state index contributed by atoms with van der Waals surface area (Å²) in [5.74, 6) is -0.635. The summed E-state index contributed by atoms with van der Waals surface area (Å²) in [5, 5.41) is 0. The van der Waals surface area contributed by atoms with E-state index in [1.807, 2.05) is 20.8 Å². The van der Waals surface area contributed by atoms with Crippen LogP contribution in [0, 0.1) is 11.2 Å². The summed E-state index contributed by atoms with van der Waals surface area (Å²) >= 11 is 0. The molecule has 1 aliphatic carbocycles. The van der Waals surface area contributed by atoms with E-state index < -0.39 is 15.8 Å². The fourth-order valence-electron chi connectivity index (χ4n) is 2.56. The van der Waals surface area contributed by atoms with E-state index >= 15 is 0 Å². The van der Waals surface area contributed by atoms with Gasteiger partial charge in [0.25, 0.3) is 0 Å². The maximum Gasteiger partial charge on any atom is 0.242 e. The van der Waals surface area contributed by atoms with Crippen molar-refractivity contribution in [3.8, 4) is 0 Å². The average Bonchev–Trinajstić information content (AvgIpc) is 2.40. The topological polar surface area (TPSA) is 81.4 Å². The van der Waals surface area contributed by atoms with E-state index in [0.29, 0.717) is 13.0 Å². The number of nitrogen functional groups attached to an aromatic ring is 1. The zero-order chi connectivity index (χ0) is 15.8. The largest absolute Gasteiger partial charge is 0.398 e. The van der Waals surface area contributed by atoms with E-state index in [9.17, 15) is 12.8 Å². The molecule has 21 heavy (non-hydrogen) atoms. The van der Waals surface area contributed by atoms with E-state index in [4.69, 9.17) is 10.5 Å². The van der Waals surface area contributed by atoms with Gasteiger partial charge >= 0.3 is 0 Å². The summed E-state index contributed by atoms with van der Waals surface area (Å²) in [6.45, 7) is 6.38. The summed E-state index contributed by atoms with van der Waals surface area (Å²) in [6.07, 6.45) is 0.606. The Morgan fingerprint density at radius 3 is 2.71 bits per heavy atom. The standard InChI is InChI=1S/C14H21FN2O3S/c1-4-20-13-8-12(14(13,2)3)17-21(18,19)11-7-9(15)5-6-10(11)16/h5-7,12-13,17H,4,8,16H2,1-3H3. The first kappa shape index (κ1) is 16.2. The van der Waals surface area contributed by atoms with E-state index in [2.05, 4.69) is 4.72 Å². The molecule has 1 fully saturated rings. The van der Waals surface area contributed by atoms with Crippen molar-refractivity contribution in [1.29, 1.82) is 0 Å². The highest BCUT2D eigenvalue weighted by atomic mass is 32.2. The van der Waals surface area contributed by atoms with Gasteiger partial charge in [-0.05, 0) is 31.5 Å². The zero-order valence-electron chi connectivity index (χ0n) is 12.4. The number of anilines is 1. The van der Waals surface area contributed by atoms with Crippen molar-refractivity contribution < 1.29 is 17.5 Å². The van der Waals surface area contributed by atoms with E-state index in [0.717, 1.165) is 12.1 Å². The Morgan fingerprint density at radius 1 is 1.48 bits per heavy atom. The van der Waals surface area contributed by atoms with E-state index in [1.54, 1.807) is 0 Å². The van der Waals surface area contributed by atoms with E-state index in [1.165, 1.54) is 6.07 Å². The van der Waals surface area contributed by atoms with Crippen LogP contribution in [0.3, 0.4) is 0 Å². The molecule has 2 rings (SSSR count). The molecule has 1 aliphatic rings. The molecule has 2 atom stereocenters. The predicted molar refractivity (Wildman–Crippen MR) is 78.7 cm³/mol. The molecular formula is C14H21FN2O3S. The summed E-state index contributed by atoms with van der Waals surface area (Å²) in [4.78, 5) is -0.224. The normalized spacial score (nSPS) is 24.6. The molecule has 7 heteroatoms. The predicted octanol–water partition coefficient (Wildman–Crippen LogP) is 1.89. The summed E-state index contributed by atoms with van der Waals surface area (Å²) in [7, 11) is -3.85. The molecule has 1 aromatic rings. The van der Waals surface area contributed by atoms with Gasteiger partial charge in [0.1, 0.15) is 10.7 Å². The minimum absolute atomic E-state index is 0.0139. The lowest BCUT2D eigenvalue weighted by atomic mass is 9.65. The lowest BCUT2D eigenvalue weighted by Crippen LogP contribution is -2.61. The molecule has 3 N–H and O–H groups in total. The van der Waals surface area contributed by atoms with Crippen LogP contribution in [0.5, 0.6) is 0 Å². The lowest BCUT2D eigenvalue weighted by molar-refractivity contribution is -0.108. The Hall–Kier alpha value is -1.18. The second-order valence-corrected chi connectivity index (χ2v) is 7.54. The summed E-state index contributed by atoms with van der Waals surface area (Å²) in [5.41, 5.74) is 5.36. The second kappa shape index (κ2) is 5.55. The van der Waals surface area contributed by atoms with E-state index in [-0.39, 0.29) is 28.1 Å². The van der Waals surface area contributed by atoms with Crippen LogP contribution in [-0.4, -0.2) is 27.2 Å². The Balaban J connectivity index is 2.18. The third-order valence-electron chi connectivity index (χ3n) is 4.11. The van der Waals surface area contributed by atoms with Crippen molar-refractivity contribution >= 4 is 15.7 Å². The monoisotopic (exact) mass is 316 g/mol. The van der Waals surface area contributed by atoms with Crippen molar-refractivity contribution in [2.24, 2.45) is 5.41 Å². The Bertz CT molecular complexity index is 631. The number of hydrogen-bond donors (Lipinski definition) is 2. The number of ether oxygens (including phenoxy) is 1. The minimum Gasteiger partial charge on any atom is -0.398 e. The molecule has 5 nitrogen and oxygen atoms in total. The molecule has 0 heterocycles. The molecule has 0 spiro atoms. The molecule has 1 saturated carbocycles. The third kappa shape index (κ3) is 3.04. The van der Waals surface area contributed by atoms with Crippen LogP contribution in [0.25, 0.3) is 0 Å². The zero-order valence-corrected chi connectivity index (χ0v) is 13.2. The van der Waals surface area contributed by atoms with Crippen LogP contribution in [0.15, 0.2) is 23.1 Å². The van der Waals surface area contributed by atoms with Crippen LogP contribution in [0.4, 0.5) is 10.1 Å². The summed E-state index contributed by atoms with van der Waals surface area (Å²) in [6, 6.07) is 3.05. The van der Waals surface area contributed by atoms with Gasteiger partial charge in [0, 0.05) is 18.1 Å². The van der Waals surface area contributed by atoms with Gasteiger partial charge in [-0.15, -0.1) is 0 Å². The van der Waals surface area contributed by atoms with Crippen molar-refractivity contribution in [2.75, 3.05) is 12.3 Å². The molecule has 0 aromatic heterocycles. The highest BCUT2D eigenvalue weighted by Gasteiger charge is 2.50. The SMILES string of the molecule is CCOC1CC(NS(=O)(=O)c2cc(F)ccc2N)C1(C)C. The fourth-order valence-corrected chi connectivity index (χ4v) is 4.11. The quantitative estimate of drug-likeness (QED) is 0.813. The Morgan fingerprint density at radius 2 is 2.14 bits per heavy atom. The average molecular weight is 316 g/mol. The molecule has 2 unspecified atom stereocenters. The number of nitrogens with two attached hydrogens (primary N) is 1. The maximum atomic E-state index is 13.3. The van der Waals surface area contributed by atoms with Gasteiger partial charge < -0.3 is 10.5 Å². The van der Waals surface area contributed by atoms with Crippen LogP contribution in [0.2, 0.25) is 0 Å². The van der Waals surface area contributed by atoms with Crippen molar-refractivity contribution in [3.63, 3.8) is 0 Å². The van der Waals surface area contributed by atoms with Gasteiger partial charge in [0.2, 0.25) is 10.0 Å². The first-order valence-electron chi connectivity index (χ1n) is 6.87. The first-order chi connectivity index (χ1) is 9.68. The van der Waals surface area contributed by atoms with Gasteiger partial charge in [-0.25, -0.2) is 17.5 Å². The molecule has 0 aliphatic heterocycles. The number of rotatable bonds is 5. The molecule has 0 radical (unpaired) electrons. The van der Waals surface area contributed by atoms with Gasteiger partial charge in [-0.2, -0.15) is 0 Å². The van der Waals surface area contributed by atoms with Gasteiger partial charge in [0.05, 0.1) is 11.8 Å². The molecule has 0 bridgehead atoms. The van der Waals surface area contributed by atoms with Gasteiger partial charge in [-0.1, -0.05) is 13.8 Å². The number of benzene rings is 1. The Kier molecular flexibility index (Phi) is 4.28. The van der Waals surface area contributed by atoms with Gasteiger partial charge in [-0.3, -0.25) is 0 Å². The van der Waals surface area contributed by atoms with Crippen LogP contribution >= 0.6 is 0 Å². The van der Waals surface area contributed by atoms with Crippen LogP contribution in [0.1, 0.15) is 27.2 Å². The van der Waals surface area contributed by atoms with Crippen LogP contribution < -0.4 is 10.5 Å². The van der Waals surface area contributed by atoms with Gasteiger partial charge in [0.15, 0.2) is 0 Å². The first-order valence-corrected chi connectivity index (χ1v) is 8.35. The van der Waals surface area contributed by atoms with Crippen molar-refractivity contribution in [2.45, 2.75) is 44.2 Å². The highest BCUT2D eigenvalue weighted by molar-refractivity contribution is 7.89. The van der Waals surface area contributed by atoms with Crippen LogP contribution in [-0.2, 0) is 14.8 Å². The molecule has 0 saturated heterocycles. The maximum absolute atomic E-state index is 13.3. The molecule has 0 amide bonds. The number of nitrogens with one attached hydrogen (secondary N) is 1. The number of sulfonamides is 1. The number of halogens is 1. The highest BCUT2D eigenvalue weighted by Crippen LogP contribution is 2.43. The third-order valence-corrected chi connectivity index (χ3v) is 5.64. The molecule has 118 valence electrons.